The Balaban J connectivity index is 1.53. The molecule has 0 aliphatic heterocycles. The van der Waals surface area contributed by atoms with Crippen molar-refractivity contribution >= 4 is 27.3 Å². The van der Waals surface area contributed by atoms with Crippen molar-refractivity contribution in [2.24, 2.45) is 0 Å². The number of aromatic nitrogens is 2. The number of amides is 1. The lowest BCUT2D eigenvalue weighted by Crippen LogP contribution is -2.29. The predicted molar refractivity (Wildman–Crippen MR) is 103 cm³/mol. The van der Waals surface area contributed by atoms with Crippen LogP contribution in [0.2, 0.25) is 5.02 Å². The minimum atomic E-state index is -3.70. The van der Waals surface area contributed by atoms with Crippen molar-refractivity contribution in [3.8, 4) is 0 Å². The number of benzene rings is 2. The normalized spacial score (nSPS) is 11.3. The van der Waals surface area contributed by atoms with E-state index < -0.39 is 21.5 Å². The number of sulfone groups is 1. The maximum Gasteiger partial charge on any atom is 0.235 e. The molecule has 1 amide bonds. The Kier molecular flexibility index (Phi) is 5.93. The van der Waals surface area contributed by atoms with Gasteiger partial charge in [-0.3, -0.25) is 9.48 Å². The monoisotopic (exact) mass is 403 g/mol. The van der Waals surface area contributed by atoms with Crippen molar-refractivity contribution in [1.82, 2.24) is 15.1 Å². The zero-order chi connectivity index (χ0) is 19.3. The van der Waals surface area contributed by atoms with Gasteiger partial charge < -0.3 is 5.32 Å². The fraction of sp³-hybridized carbons (Fsp3) is 0.158. The molecule has 6 nitrogen and oxygen atoms in total. The third kappa shape index (κ3) is 5.42. The smallest absolute Gasteiger partial charge is 0.235 e. The standard InChI is InChI=1S/C19H18ClN3O3S/c20-17-6-8-18(9-7-17)27(25,26)14-19(24)21-12-15-2-4-16(5-3-15)13-23-11-1-10-22-23/h1-11H,12-14H2,(H,21,24). The molecule has 3 rings (SSSR count). The van der Waals surface area contributed by atoms with Crippen molar-refractivity contribution < 1.29 is 13.2 Å². The van der Waals surface area contributed by atoms with Crippen LogP contribution in [0.15, 0.2) is 71.9 Å². The summed E-state index contributed by atoms with van der Waals surface area (Å²) in [5.41, 5.74) is 1.97. The topological polar surface area (TPSA) is 81.1 Å². The van der Waals surface area contributed by atoms with E-state index in [1.165, 1.54) is 24.3 Å². The quantitative estimate of drug-likeness (QED) is 0.657. The van der Waals surface area contributed by atoms with Crippen LogP contribution in [0.3, 0.4) is 0 Å². The Morgan fingerprint density at radius 1 is 1.04 bits per heavy atom. The van der Waals surface area contributed by atoms with Crippen LogP contribution in [-0.2, 0) is 27.7 Å². The molecule has 0 aliphatic rings. The highest BCUT2D eigenvalue weighted by molar-refractivity contribution is 7.92. The lowest BCUT2D eigenvalue weighted by Gasteiger charge is -2.08. The lowest BCUT2D eigenvalue weighted by atomic mass is 10.1. The average molecular weight is 404 g/mol. The van der Waals surface area contributed by atoms with Crippen LogP contribution in [0.4, 0.5) is 0 Å². The van der Waals surface area contributed by atoms with Crippen molar-refractivity contribution in [1.29, 1.82) is 0 Å². The number of carbonyl (C=O) groups is 1. The molecule has 3 aromatic rings. The maximum atomic E-state index is 12.2. The maximum absolute atomic E-state index is 12.2. The largest absolute Gasteiger partial charge is 0.351 e. The molecular weight excluding hydrogens is 386 g/mol. The molecular formula is C19H18ClN3O3S. The SMILES string of the molecule is O=C(CS(=O)(=O)c1ccc(Cl)cc1)NCc1ccc(Cn2cccn2)cc1. The first-order valence-corrected chi connectivity index (χ1v) is 10.3. The molecule has 2 aromatic carbocycles. The van der Waals surface area contributed by atoms with Gasteiger partial charge in [-0.1, -0.05) is 35.9 Å². The van der Waals surface area contributed by atoms with E-state index in [4.69, 9.17) is 11.6 Å². The van der Waals surface area contributed by atoms with Gasteiger partial charge in [0.15, 0.2) is 9.84 Å². The second kappa shape index (κ2) is 8.37. The number of rotatable bonds is 7. The van der Waals surface area contributed by atoms with E-state index in [2.05, 4.69) is 10.4 Å². The fourth-order valence-corrected chi connectivity index (χ4v) is 3.78. The van der Waals surface area contributed by atoms with Crippen LogP contribution in [0.1, 0.15) is 11.1 Å². The number of carbonyl (C=O) groups excluding carboxylic acids is 1. The Hall–Kier alpha value is -2.64. The molecule has 0 atom stereocenters. The summed E-state index contributed by atoms with van der Waals surface area (Å²) in [5.74, 6) is -1.16. The van der Waals surface area contributed by atoms with Gasteiger partial charge >= 0.3 is 0 Å². The van der Waals surface area contributed by atoms with E-state index in [9.17, 15) is 13.2 Å². The first-order chi connectivity index (χ1) is 12.9. The molecule has 0 unspecified atom stereocenters. The fourth-order valence-electron chi connectivity index (χ4n) is 2.49. The van der Waals surface area contributed by atoms with Crippen molar-refractivity contribution in [2.75, 3.05) is 5.75 Å². The van der Waals surface area contributed by atoms with E-state index in [-0.39, 0.29) is 11.4 Å². The molecule has 0 fully saturated rings. The summed E-state index contributed by atoms with van der Waals surface area (Å²) in [6.07, 6.45) is 3.61. The Bertz CT molecular complexity index is 999. The van der Waals surface area contributed by atoms with Crippen LogP contribution in [0.25, 0.3) is 0 Å². The molecule has 27 heavy (non-hydrogen) atoms. The zero-order valence-electron chi connectivity index (χ0n) is 14.4. The molecule has 140 valence electrons. The minimum absolute atomic E-state index is 0.0741. The number of halogens is 1. The third-order valence-corrected chi connectivity index (χ3v) is 5.79. The first kappa shape index (κ1) is 19.1. The summed E-state index contributed by atoms with van der Waals surface area (Å²) < 4.78 is 26.3. The van der Waals surface area contributed by atoms with Crippen molar-refractivity contribution in [2.45, 2.75) is 18.0 Å². The third-order valence-electron chi connectivity index (χ3n) is 3.91. The summed E-state index contributed by atoms with van der Waals surface area (Å²) >= 11 is 5.76. The highest BCUT2D eigenvalue weighted by Gasteiger charge is 2.19. The summed E-state index contributed by atoms with van der Waals surface area (Å²) in [5, 5.41) is 7.23. The van der Waals surface area contributed by atoms with Gasteiger partial charge in [-0.05, 0) is 41.5 Å². The highest BCUT2D eigenvalue weighted by Crippen LogP contribution is 2.15. The van der Waals surface area contributed by atoms with E-state index >= 15 is 0 Å². The summed E-state index contributed by atoms with van der Waals surface area (Å²) in [6, 6.07) is 15.3. The second-order valence-corrected chi connectivity index (χ2v) is 8.44. The minimum Gasteiger partial charge on any atom is -0.351 e. The van der Waals surface area contributed by atoms with Crippen molar-refractivity contribution in [3.63, 3.8) is 0 Å². The molecule has 1 aromatic heterocycles. The van der Waals surface area contributed by atoms with E-state index in [0.29, 0.717) is 11.6 Å². The van der Waals surface area contributed by atoms with Gasteiger partial charge in [0.05, 0.1) is 11.4 Å². The summed E-state index contributed by atoms with van der Waals surface area (Å²) in [6.45, 7) is 0.927. The van der Waals surface area contributed by atoms with Gasteiger partial charge in [0.2, 0.25) is 5.91 Å². The van der Waals surface area contributed by atoms with E-state index in [0.717, 1.165) is 11.1 Å². The van der Waals surface area contributed by atoms with E-state index in [1.807, 2.05) is 41.2 Å². The Morgan fingerprint density at radius 2 is 1.70 bits per heavy atom. The van der Waals surface area contributed by atoms with Gasteiger partial charge in [0.1, 0.15) is 5.75 Å². The van der Waals surface area contributed by atoms with Gasteiger partial charge in [-0.2, -0.15) is 5.10 Å². The summed E-state index contributed by atoms with van der Waals surface area (Å²) in [7, 11) is -3.70. The molecule has 0 bridgehead atoms. The van der Waals surface area contributed by atoms with Gasteiger partial charge in [0.25, 0.3) is 0 Å². The van der Waals surface area contributed by atoms with Crippen LogP contribution in [0, 0.1) is 0 Å². The molecule has 1 heterocycles. The second-order valence-electron chi connectivity index (χ2n) is 6.01. The molecule has 0 radical (unpaired) electrons. The van der Waals surface area contributed by atoms with Gasteiger partial charge in [-0.15, -0.1) is 0 Å². The molecule has 0 saturated carbocycles. The molecule has 0 saturated heterocycles. The lowest BCUT2D eigenvalue weighted by molar-refractivity contribution is -0.118. The van der Waals surface area contributed by atoms with Crippen LogP contribution in [0.5, 0.6) is 0 Å². The van der Waals surface area contributed by atoms with Gasteiger partial charge in [-0.25, -0.2) is 8.42 Å². The number of hydrogen-bond donors (Lipinski definition) is 1. The van der Waals surface area contributed by atoms with Crippen molar-refractivity contribution in [3.05, 3.63) is 83.1 Å². The average Bonchev–Trinajstić information content (AvgIpc) is 3.14. The first-order valence-electron chi connectivity index (χ1n) is 8.23. The molecule has 0 aliphatic carbocycles. The zero-order valence-corrected chi connectivity index (χ0v) is 15.9. The number of nitrogens with zero attached hydrogens (tertiary/aromatic N) is 2. The van der Waals surface area contributed by atoms with Gasteiger partial charge in [0, 0.05) is 24.0 Å². The van der Waals surface area contributed by atoms with Crippen LogP contribution >= 0.6 is 11.6 Å². The number of hydrogen-bond acceptors (Lipinski definition) is 4. The van der Waals surface area contributed by atoms with Crippen LogP contribution < -0.4 is 5.32 Å². The van der Waals surface area contributed by atoms with E-state index in [1.54, 1.807) is 6.20 Å². The molecule has 1 N–H and O–H groups in total. The Labute approximate surface area is 162 Å². The molecule has 8 heteroatoms. The highest BCUT2D eigenvalue weighted by atomic mass is 35.5. The predicted octanol–water partition coefficient (Wildman–Crippen LogP) is 2.67. The van der Waals surface area contributed by atoms with Crippen LogP contribution in [-0.4, -0.2) is 29.9 Å². The summed E-state index contributed by atoms with van der Waals surface area (Å²) in [4.78, 5) is 12.1. The number of nitrogens with one attached hydrogen (secondary N) is 1. The molecule has 0 spiro atoms. The Morgan fingerprint density at radius 3 is 2.33 bits per heavy atom.